The van der Waals surface area contributed by atoms with Gasteiger partial charge < -0.3 is 19.2 Å². The third kappa shape index (κ3) is 4.97. The van der Waals surface area contributed by atoms with Crippen molar-refractivity contribution in [2.45, 2.75) is 26.7 Å². The molecule has 0 aliphatic carbocycles. The van der Waals surface area contributed by atoms with Crippen LogP contribution in [-0.4, -0.2) is 30.1 Å². The average Bonchev–Trinajstić information content (AvgIpc) is 3.07. The maximum absolute atomic E-state index is 12.7. The number of nitrogens with zero attached hydrogens (tertiary/aromatic N) is 2. The largest absolute Gasteiger partial charge is 0.508 e. The molecule has 1 N–H and O–H groups in total. The number of amides is 1. The van der Waals surface area contributed by atoms with Crippen LogP contribution in [0, 0.1) is 25.2 Å². The van der Waals surface area contributed by atoms with Gasteiger partial charge in [0.15, 0.2) is 6.61 Å². The van der Waals surface area contributed by atoms with Crippen LogP contribution in [0.15, 0.2) is 47.1 Å². The monoisotopic (exact) mass is 406 g/mol. The Hall–Kier alpha value is -3.79. The molecular weight excluding hydrogens is 384 g/mol. The van der Waals surface area contributed by atoms with E-state index in [0.717, 1.165) is 11.1 Å². The van der Waals surface area contributed by atoms with Crippen molar-refractivity contribution in [1.82, 2.24) is 0 Å². The van der Waals surface area contributed by atoms with Crippen molar-refractivity contribution in [3.63, 3.8) is 0 Å². The predicted molar refractivity (Wildman–Crippen MR) is 111 cm³/mol. The van der Waals surface area contributed by atoms with Crippen LogP contribution >= 0.6 is 0 Å². The second-order valence-electron chi connectivity index (χ2n) is 7.08. The second-order valence-corrected chi connectivity index (χ2v) is 7.08. The van der Waals surface area contributed by atoms with E-state index in [1.165, 1.54) is 23.3 Å². The number of aromatic hydroxyl groups is 1. The van der Waals surface area contributed by atoms with E-state index in [-0.39, 0.29) is 25.1 Å². The molecule has 3 aromatic rings. The number of phenols is 1. The van der Waals surface area contributed by atoms with Crippen LogP contribution < -0.4 is 4.90 Å². The van der Waals surface area contributed by atoms with Crippen LogP contribution in [0.2, 0.25) is 0 Å². The highest BCUT2D eigenvalue weighted by atomic mass is 16.5. The van der Waals surface area contributed by atoms with Gasteiger partial charge in [0.2, 0.25) is 0 Å². The van der Waals surface area contributed by atoms with Gasteiger partial charge in [0.1, 0.15) is 11.3 Å². The first kappa shape index (κ1) is 20.9. The number of nitriles is 1. The van der Waals surface area contributed by atoms with Gasteiger partial charge in [-0.15, -0.1) is 0 Å². The van der Waals surface area contributed by atoms with E-state index in [1.54, 1.807) is 6.07 Å². The Morgan fingerprint density at radius 3 is 2.60 bits per heavy atom. The van der Waals surface area contributed by atoms with Crippen molar-refractivity contribution >= 4 is 28.5 Å². The number of furan rings is 1. The van der Waals surface area contributed by atoms with Gasteiger partial charge in [-0.1, -0.05) is 6.07 Å². The number of rotatable bonds is 7. The molecule has 3 rings (SSSR count). The number of benzene rings is 2. The first-order valence-electron chi connectivity index (χ1n) is 9.47. The van der Waals surface area contributed by atoms with Crippen LogP contribution in [0.1, 0.15) is 23.1 Å². The van der Waals surface area contributed by atoms with Gasteiger partial charge in [-0.25, -0.2) is 0 Å². The highest BCUT2D eigenvalue weighted by Gasteiger charge is 2.19. The Balaban J connectivity index is 1.66. The third-order valence-electron chi connectivity index (χ3n) is 4.60. The molecule has 0 atom stereocenters. The molecule has 154 valence electrons. The fraction of sp³-hybridized carbons (Fsp3) is 0.261. The molecule has 0 spiro atoms. The zero-order valence-electron chi connectivity index (χ0n) is 16.8. The molecule has 0 aliphatic rings. The molecular formula is C23H22N2O5. The molecule has 0 unspecified atom stereocenters. The number of anilines is 1. The Kier molecular flexibility index (Phi) is 6.38. The van der Waals surface area contributed by atoms with Gasteiger partial charge in [-0.2, -0.15) is 5.26 Å². The summed E-state index contributed by atoms with van der Waals surface area (Å²) in [5.74, 6) is -0.897. The average molecular weight is 406 g/mol. The predicted octanol–water partition coefficient (Wildman–Crippen LogP) is 3.79. The zero-order valence-corrected chi connectivity index (χ0v) is 16.8. The molecule has 1 amide bonds. The van der Waals surface area contributed by atoms with Gasteiger partial charge in [-0.3, -0.25) is 9.59 Å². The van der Waals surface area contributed by atoms with Crippen LogP contribution in [-0.2, 0) is 20.7 Å². The number of carbonyl (C=O) groups is 2. The lowest BCUT2D eigenvalue weighted by atomic mass is 10.1. The summed E-state index contributed by atoms with van der Waals surface area (Å²) in [6.07, 6.45) is 1.54. The number of fused-ring (bicyclic) bond motifs is 1. The molecule has 30 heavy (non-hydrogen) atoms. The molecule has 1 heterocycles. The summed E-state index contributed by atoms with van der Waals surface area (Å²) in [4.78, 5) is 26.5. The first-order chi connectivity index (χ1) is 14.4. The van der Waals surface area contributed by atoms with Gasteiger partial charge in [0.05, 0.1) is 25.2 Å². The number of aryl methyl sites for hydroxylation is 2. The number of hydrogen-bond donors (Lipinski definition) is 1. The number of hydrogen-bond acceptors (Lipinski definition) is 6. The summed E-state index contributed by atoms with van der Waals surface area (Å²) in [6.45, 7) is 3.65. The molecule has 7 nitrogen and oxygen atoms in total. The fourth-order valence-corrected chi connectivity index (χ4v) is 3.30. The Bertz CT molecular complexity index is 1110. The molecule has 0 radical (unpaired) electrons. The number of esters is 1. The minimum Gasteiger partial charge on any atom is -0.508 e. The Labute approximate surface area is 174 Å². The smallest absolute Gasteiger partial charge is 0.310 e. The summed E-state index contributed by atoms with van der Waals surface area (Å²) >= 11 is 0. The third-order valence-corrected chi connectivity index (χ3v) is 4.60. The normalized spacial score (nSPS) is 10.6. The maximum Gasteiger partial charge on any atom is 0.310 e. The molecule has 0 aliphatic heterocycles. The van der Waals surface area contributed by atoms with E-state index < -0.39 is 18.5 Å². The van der Waals surface area contributed by atoms with E-state index >= 15 is 0 Å². The molecule has 0 saturated carbocycles. The lowest BCUT2D eigenvalue weighted by molar-refractivity contribution is -0.147. The highest BCUT2D eigenvalue weighted by Crippen LogP contribution is 2.25. The van der Waals surface area contributed by atoms with E-state index in [1.807, 2.05) is 38.1 Å². The van der Waals surface area contributed by atoms with E-state index in [4.69, 9.17) is 14.4 Å². The van der Waals surface area contributed by atoms with E-state index in [9.17, 15) is 14.7 Å². The first-order valence-corrected chi connectivity index (χ1v) is 9.47. The van der Waals surface area contributed by atoms with Crippen LogP contribution in [0.3, 0.4) is 0 Å². The summed E-state index contributed by atoms with van der Waals surface area (Å²) < 4.78 is 10.5. The molecule has 0 bridgehead atoms. The molecule has 1 aromatic heterocycles. The van der Waals surface area contributed by atoms with Crippen molar-refractivity contribution in [2.24, 2.45) is 0 Å². The SMILES string of the molecule is Cc1cc(C)cc(N(CCC#N)C(=O)COC(=O)Cc2coc3cc(O)ccc23)c1. The minimum absolute atomic E-state index is 0.0627. The molecule has 0 fully saturated rings. The molecule has 7 heteroatoms. The van der Waals surface area contributed by atoms with Crippen LogP contribution in [0.5, 0.6) is 5.75 Å². The van der Waals surface area contributed by atoms with Crippen molar-refractivity contribution < 1.29 is 23.8 Å². The standard InChI is InChI=1S/C23H22N2O5/c1-15-8-16(2)10-18(9-15)25(7-3-6-24)22(27)14-30-23(28)11-17-13-29-21-12-19(26)4-5-20(17)21/h4-5,8-10,12-13,26H,3,7,11,14H2,1-2H3. The minimum atomic E-state index is -0.570. The number of phenolic OH excluding ortho intramolecular Hbond substituents is 1. The quantitative estimate of drug-likeness (QED) is 0.599. The van der Waals surface area contributed by atoms with Crippen molar-refractivity contribution in [1.29, 1.82) is 5.26 Å². The number of carbonyl (C=O) groups excluding carboxylic acids is 2. The second kappa shape index (κ2) is 9.14. The van der Waals surface area contributed by atoms with Crippen LogP contribution in [0.4, 0.5) is 5.69 Å². The Morgan fingerprint density at radius 1 is 1.17 bits per heavy atom. The molecule has 0 saturated heterocycles. The van der Waals surface area contributed by atoms with Gasteiger partial charge >= 0.3 is 5.97 Å². The topological polar surface area (TPSA) is 104 Å². The fourth-order valence-electron chi connectivity index (χ4n) is 3.30. The zero-order chi connectivity index (χ0) is 21.7. The highest BCUT2D eigenvalue weighted by molar-refractivity contribution is 5.95. The van der Waals surface area contributed by atoms with E-state index in [0.29, 0.717) is 22.2 Å². The van der Waals surface area contributed by atoms with E-state index in [2.05, 4.69) is 0 Å². The van der Waals surface area contributed by atoms with Gasteiger partial charge in [0.25, 0.3) is 5.91 Å². The summed E-state index contributed by atoms with van der Waals surface area (Å²) in [5.41, 5.74) is 3.73. The van der Waals surface area contributed by atoms with Crippen molar-refractivity contribution in [3.8, 4) is 11.8 Å². The van der Waals surface area contributed by atoms with Gasteiger partial charge in [0, 0.05) is 29.2 Å². The van der Waals surface area contributed by atoms with Gasteiger partial charge in [-0.05, 0) is 49.2 Å². The van der Waals surface area contributed by atoms with Crippen LogP contribution in [0.25, 0.3) is 11.0 Å². The maximum atomic E-state index is 12.7. The van der Waals surface area contributed by atoms with Crippen molar-refractivity contribution in [3.05, 3.63) is 59.4 Å². The Morgan fingerprint density at radius 2 is 1.90 bits per heavy atom. The molecule has 2 aromatic carbocycles. The van der Waals surface area contributed by atoms with Crippen molar-refractivity contribution in [2.75, 3.05) is 18.1 Å². The lowest BCUT2D eigenvalue weighted by Crippen LogP contribution is -2.35. The lowest BCUT2D eigenvalue weighted by Gasteiger charge is -2.22. The summed E-state index contributed by atoms with van der Waals surface area (Å²) in [5, 5.41) is 19.1. The number of ether oxygens (including phenoxy) is 1. The summed E-state index contributed by atoms with van der Waals surface area (Å²) in [6, 6.07) is 12.4. The summed E-state index contributed by atoms with van der Waals surface area (Å²) in [7, 11) is 0.